The fourth-order valence-electron chi connectivity index (χ4n) is 5.23. The molecule has 8 heteroatoms. The third kappa shape index (κ3) is 4.81. The van der Waals surface area contributed by atoms with Gasteiger partial charge in [0.15, 0.2) is 0 Å². The van der Waals surface area contributed by atoms with Gasteiger partial charge in [-0.3, -0.25) is 0 Å². The van der Waals surface area contributed by atoms with Crippen LogP contribution in [-0.4, -0.2) is 61.3 Å². The summed E-state index contributed by atoms with van der Waals surface area (Å²) in [5.74, 6) is 1.57. The summed E-state index contributed by atoms with van der Waals surface area (Å²) in [6, 6.07) is 19.0. The molecule has 1 fully saturated rings. The van der Waals surface area contributed by atoms with E-state index in [4.69, 9.17) is 4.98 Å². The highest BCUT2D eigenvalue weighted by atomic mass is 15.6. The van der Waals surface area contributed by atoms with E-state index in [0.717, 1.165) is 64.8 Å². The first-order valence-electron chi connectivity index (χ1n) is 12.9. The molecule has 6 rings (SSSR count). The van der Waals surface area contributed by atoms with Gasteiger partial charge in [-0.2, -0.15) is 4.80 Å². The predicted molar refractivity (Wildman–Crippen MR) is 144 cm³/mol. The van der Waals surface area contributed by atoms with E-state index in [1.165, 1.54) is 42.7 Å². The van der Waals surface area contributed by atoms with Gasteiger partial charge >= 0.3 is 0 Å². The van der Waals surface area contributed by atoms with Crippen molar-refractivity contribution in [2.75, 3.05) is 31.5 Å². The Balaban J connectivity index is 1.32. The summed E-state index contributed by atoms with van der Waals surface area (Å²) in [5, 5.41) is 18.5. The molecule has 0 aliphatic carbocycles. The molecule has 36 heavy (non-hydrogen) atoms. The van der Waals surface area contributed by atoms with E-state index in [9.17, 15) is 0 Å². The van der Waals surface area contributed by atoms with Gasteiger partial charge in [-0.25, -0.2) is 4.98 Å². The van der Waals surface area contributed by atoms with Crippen LogP contribution >= 0.6 is 0 Å². The fraction of sp³-hybridized carbons (Fsp3) is 0.357. The summed E-state index contributed by atoms with van der Waals surface area (Å²) >= 11 is 0. The Bertz CT molecular complexity index is 1460. The topological polar surface area (TPSA) is 87.5 Å². The molecular weight excluding hydrogens is 448 g/mol. The van der Waals surface area contributed by atoms with E-state index in [2.05, 4.69) is 85.2 Å². The zero-order valence-electron chi connectivity index (χ0n) is 20.7. The van der Waals surface area contributed by atoms with Gasteiger partial charge < -0.3 is 15.2 Å². The summed E-state index contributed by atoms with van der Waals surface area (Å²) in [6.45, 7) is 4.52. The zero-order chi connectivity index (χ0) is 24.3. The van der Waals surface area contributed by atoms with E-state index in [1.54, 1.807) is 7.05 Å². The number of anilines is 1. The molecule has 0 bridgehead atoms. The highest BCUT2D eigenvalue weighted by Gasteiger charge is 2.15. The summed E-state index contributed by atoms with van der Waals surface area (Å²) in [6.07, 6.45) is 5.94. The summed E-state index contributed by atoms with van der Waals surface area (Å²) in [7, 11) is 1.78. The minimum atomic E-state index is 0.622. The van der Waals surface area contributed by atoms with Crippen LogP contribution in [0.4, 0.5) is 5.82 Å². The highest BCUT2D eigenvalue weighted by molar-refractivity contribution is 6.13. The molecule has 0 radical (unpaired) electrons. The van der Waals surface area contributed by atoms with Crippen molar-refractivity contribution in [1.29, 1.82) is 0 Å². The minimum absolute atomic E-state index is 0.622. The maximum atomic E-state index is 5.10. The van der Waals surface area contributed by atoms with Crippen molar-refractivity contribution >= 4 is 27.6 Å². The van der Waals surface area contributed by atoms with E-state index in [0.29, 0.717) is 5.82 Å². The molecule has 2 N–H and O–H groups in total. The van der Waals surface area contributed by atoms with Crippen LogP contribution < -0.4 is 5.32 Å². The number of nitrogens with one attached hydrogen (secondary N) is 2. The standard InChI is InChI=1S/C28H32N8/c1-35-33-27(32-34-35)21-11-12-23-24(18-21)31-25-19-22(17-20-9-4-2-5-10-20)30-28(26(23)25)29-13-8-16-36-14-6-3-7-15-36/h2,4-5,9-12,18-19,31H,3,6-8,13-17H2,1H3,(H,29,30). The first-order valence-corrected chi connectivity index (χ1v) is 12.9. The van der Waals surface area contributed by atoms with E-state index >= 15 is 0 Å². The van der Waals surface area contributed by atoms with Crippen molar-refractivity contribution in [1.82, 2.24) is 35.1 Å². The second-order valence-electron chi connectivity index (χ2n) is 9.72. The van der Waals surface area contributed by atoms with E-state index in [-0.39, 0.29) is 0 Å². The van der Waals surface area contributed by atoms with Crippen molar-refractivity contribution in [3.63, 3.8) is 0 Å². The monoisotopic (exact) mass is 480 g/mol. The van der Waals surface area contributed by atoms with Crippen LogP contribution in [-0.2, 0) is 13.5 Å². The molecule has 3 aromatic heterocycles. The average molecular weight is 481 g/mol. The van der Waals surface area contributed by atoms with Gasteiger partial charge in [0.25, 0.3) is 0 Å². The Morgan fingerprint density at radius 1 is 0.972 bits per heavy atom. The number of H-pyrrole nitrogens is 1. The Morgan fingerprint density at radius 3 is 2.64 bits per heavy atom. The van der Waals surface area contributed by atoms with Gasteiger partial charge in [0.05, 0.1) is 12.6 Å². The van der Waals surface area contributed by atoms with E-state index in [1.807, 2.05) is 0 Å². The van der Waals surface area contributed by atoms with Crippen molar-refractivity contribution in [3.8, 4) is 11.4 Å². The molecule has 1 saturated heterocycles. The van der Waals surface area contributed by atoms with Crippen LogP contribution in [0.1, 0.15) is 36.9 Å². The van der Waals surface area contributed by atoms with Crippen LogP contribution in [0.2, 0.25) is 0 Å². The molecule has 0 unspecified atom stereocenters. The number of aromatic amines is 1. The lowest BCUT2D eigenvalue weighted by atomic mass is 10.1. The number of nitrogens with zero attached hydrogens (tertiary/aromatic N) is 6. The van der Waals surface area contributed by atoms with Crippen LogP contribution in [0, 0.1) is 0 Å². The first kappa shape index (κ1) is 22.7. The number of hydrogen-bond acceptors (Lipinski definition) is 6. The van der Waals surface area contributed by atoms with Gasteiger partial charge in [-0.1, -0.05) is 48.9 Å². The van der Waals surface area contributed by atoms with Gasteiger partial charge in [0.1, 0.15) is 5.82 Å². The molecule has 0 saturated carbocycles. The molecular formula is C28H32N8. The lowest BCUT2D eigenvalue weighted by molar-refractivity contribution is 0.228. The zero-order valence-corrected chi connectivity index (χ0v) is 20.7. The number of benzene rings is 2. The third-order valence-electron chi connectivity index (χ3n) is 7.02. The molecule has 4 heterocycles. The fourth-order valence-corrected chi connectivity index (χ4v) is 5.23. The third-order valence-corrected chi connectivity index (χ3v) is 7.02. The molecule has 1 aliphatic rings. The van der Waals surface area contributed by atoms with Crippen LogP contribution in [0.5, 0.6) is 0 Å². The van der Waals surface area contributed by atoms with Crippen LogP contribution in [0.25, 0.3) is 33.2 Å². The number of tetrazole rings is 1. The number of piperidine rings is 1. The number of rotatable bonds is 8. The Labute approximate surface area is 210 Å². The van der Waals surface area contributed by atoms with Crippen molar-refractivity contribution < 1.29 is 0 Å². The average Bonchev–Trinajstić information content (AvgIpc) is 3.50. The Kier molecular flexibility index (Phi) is 6.34. The molecule has 0 atom stereocenters. The molecule has 0 amide bonds. The summed E-state index contributed by atoms with van der Waals surface area (Å²) in [5.41, 5.74) is 5.39. The lowest BCUT2D eigenvalue weighted by Crippen LogP contribution is -2.31. The molecule has 2 aromatic carbocycles. The number of pyridine rings is 1. The van der Waals surface area contributed by atoms with Crippen LogP contribution in [0.15, 0.2) is 54.6 Å². The SMILES string of the molecule is Cn1nnc(-c2ccc3c(c2)[nH]c2cc(Cc4ccccc4)nc(NCCCN4CCCCC4)c23)n1. The molecule has 8 nitrogen and oxygen atoms in total. The quantitative estimate of drug-likeness (QED) is 0.311. The number of aryl methyl sites for hydroxylation is 1. The smallest absolute Gasteiger partial charge is 0.204 e. The number of fused-ring (bicyclic) bond motifs is 3. The Morgan fingerprint density at radius 2 is 1.83 bits per heavy atom. The second kappa shape index (κ2) is 10.1. The van der Waals surface area contributed by atoms with Gasteiger partial charge in [-0.15, -0.1) is 10.2 Å². The van der Waals surface area contributed by atoms with E-state index < -0.39 is 0 Å². The normalized spacial score (nSPS) is 14.6. The van der Waals surface area contributed by atoms with Crippen molar-refractivity contribution in [2.45, 2.75) is 32.1 Å². The van der Waals surface area contributed by atoms with Crippen molar-refractivity contribution in [3.05, 3.63) is 65.9 Å². The van der Waals surface area contributed by atoms with Crippen molar-refractivity contribution in [2.24, 2.45) is 7.05 Å². The Hall–Kier alpha value is -3.78. The maximum Gasteiger partial charge on any atom is 0.204 e. The summed E-state index contributed by atoms with van der Waals surface area (Å²) < 4.78 is 0. The first-order chi connectivity index (χ1) is 17.7. The number of likely N-dealkylation sites (tertiary alicyclic amines) is 1. The largest absolute Gasteiger partial charge is 0.369 e. The minimum Gasteiger partial charge on any atom is -0.369 e. The number of hydrogen-bond donors (Lipinski definition) is 2. The van der Waals surface area contributed by atoms with Gasteiger partial charge in [0.2, 0.25) is 5.82 Å². The molecule has 5 aromatic rings. The predicted octanol–water partition coefficient (Wildman–Crippen LogP) is 4.79. The second-order valence-corrected chi connectivity index (χ2v) is 9.72. The molecule has 0 spiro atoms. The highest BCUT2D eigenvalue weighted by Crippen LogP contribution is 2.33. The maximum absolute atomic E-state index is 5.10. The van der Waals surface area contributed by atoms with Gasteiger partial charge in [0, 0.05) is 40.5 Å². The van der Waals surface area contributed by atoms with Gasteiger partial charge in [-0.05, 0) is 61.8 Å². The van der Waals surface area contributed by atoms with Crippen LogP contribution in [0.3, 0.4) is 0 Å². The lowest BCUT2D eigenvalue weighted by Gasteiger charge is -2.26. The molecule has 184 valence electrons. The number of aromatic nitrogens is 6. The molecule has 1 aliphatic heterocycles. The summed E-state index contributed by atoms with van der Waals surface area (Å²) in [4.78, 5) is 12.8.